The molecule has 0 saturated carbocycles. The molecule has 6 heteroatoms. The largest absolute Gasteiger partial charge is 0.508 e. The molecule has 2 heterocycles. The zero-order valence-corrected chi connectivity index (χ0v) is 14.4. The monoisotopic (exact) mass is 346 g/mol. The van der Waals surface area contributed by atoms with E-state index >= 15 is 0 Å². The van der Waals surface area contributed by atoms with E-state index in [2.05, 4.69) is 19.9 Å². The SMILES string of the molecule is Cc1n[nH]c(C)c1-c1c(C=NO)c2ccccc2n1-c1ccc(O)cc1. The zero-order valence-electron chi connectivity index (χ0n) is 14.4. The lowest BCUT2D eigenvalue weighted by molar-refractivity contribution is 0.322. The Morgan fingerprint density at radius 2 is 1.81 bits per heavy atom. The number of oxime groups is 1. The van der Waals surface area contributed by atoms with Gasteiger partial charge in [0.2, 0.25) is 0 Å². The second kappa shape index (κ2) is 6.07. The summed E-state index contributed by atoms with van der Waals surface area (Å²) >= 11 is 0. The van der Waals surface area contributed by atoms with Crippen LogP contribution in [-0.4, -0.2) is 31.3 Å². The van der Waals surface area contributed by atoms with Gasteiger partial charge < -0.3 is 14.9 Å². The van der Waals surface area contributed by atoms with E-state index in [1.54, 1.807) is 12.1 Å². The molecule has 0 saturated heterocycles. The minimum Gasteiger partial charge on any atom is -0.508 e. The molecule has 2 aromatic carbocycles. The maximum atomic E-state index is 9.67. The Morgan fingerprint density at radius 3 is 2.46 bits per heavy atom. The van der Waals surface area contributed by atoms with Crippen molar-refractivity contribution in [1.29, 1.82) is 0 Å². The highest BCUT2D eigenvalue weighted by Gasteiger charge is 2.22. The van der Waals surface area contributed by atoms with Crippen molar-refractivity contribution >= 4 is 17.1 Å². The van der Waals surface area contributed by atoms with Gasteiger partial charge >= 0.3 is 0 Å². The van der Waals surface area contributed by atoms with Crippen LogP contribution in [0.25, 0.3) is 27.8 Å². The third kappa shape index (κ3) is 2.35. The smallest absolute Gasteiger partial charge is 0.115 e. The summed E-state index contributed by atoms with van der Waals surface area (Å²) in [6, 6.07) is 15.0. The van der Waals surface area contributed by atoms with Crippen LogP contribution in [0.15, 0.2) is 53.7 Å². The lowest BCUT2D eigenvalue weighted by Gasteiger charge is -2.12. The molecule has 0 aliphatic heterocycles. The number of nitrogens with zero attached hydrogens (tertiary/aromatic N) is 3. The minimum absolute atomic E-state index is 0.208. The average molecular weight is 346 g/mol. The number of H-pyrrole nitrogens is 1. The quantitative estimate of drug-likeness (QED) is 0.296. The summed E-state index contributed by atoms with van der Waals surface area (Å²) in [4.78, 5) is 0. The fraction of sp³-hybridized carbons (Fsp3) is 0.100. The summed E-state index contributed by atoms with van der Waals surface area (Å²) in [7, 11) is 0. The van der Waals surface area contributed by atoms with Gasteiger partial charge in [0.25, 0.3) is 0 Å². The van der Waals surface area contributed by atoms with Gasteiger partial charge in [-0.2, -0.15) is 5.10 Å². The molecule has 0 spiro atoms. The molecule has 0 atom stereocenters. The first-order chi connectivity index (χ1) is 12.6. The van der Waals surface area contributed by atoms with E-state index in [9.17, 15) is 10.3 Å². The topological polar surface area (TPSA) is 86.4 Å². The lowest BCUT2D eigenvalue weighted by Crippen LogP contribution is -1.99. The number of hydrogen-bond acceptors (Lipinski definition) is 4. The number of benzene rings is 2. The fourth-order valence-corrected chi connectivity index (χ4v) is 3.47. The van der Waals surface area contributed by atoms with Crippen molar-refractivity contribution in [3.63, 3.8) is 0 Å². The maximum Gasteiger partial charge on any atom is 0.115 e. The molecule has 3 N–H and O–H groups in total. The number of aryl methyl sites for hydroxylation is 2. The second-order valence-electron chi connectivity index (χ2n) is 6.18. The van der Waals surface area contributed by atoms with E-state index in [1.165, 1.54) is 6.21 Å². The fourth-order valence-electron chi connectivity index (χ4n) is 3.47. The molecule has 130 valence electrons. The Labute approximate surface area is 150 Å². The number of aromatic hydroxyl groups is 1. The van der Waals surface area contributed by atoms with Crippen LogP contribution in [0.1, 0.15) is 17.0 Å². The van der Waals surface area contributed by atoms with Gasteiger partial charge in [-0.25, -0.2) is 0 Å². The molecule has 6 nitrogen and oxygen atoms in total. The zero-order chi connectivity index (χ0) is 18.3. The Kier molecular flexibility index (Phi) is 3.73. The van der Waals surface area contributed by atoms with Crippen molar-refractivity contribution in [1.82, 2.24) is 14.8 Å². The summed E-state index contributed by atoms with van der Waals surface area (Å²) in [5.41, 5.74) is 6.32. The van der Waals surface area contributed by atoms with Crippen LogP contribution in [0.4, 0.5) is 0 Å². The van der Waals surface area contributed by atoms with Crippen molar-refractivity contribution in [3.05, 3.63) is 65.5 Å². The molecule has 4 rings (SSSR count). The van der Waals surface area contributed by atoms with E-state index in [1.807, 2.05) is 50.2 Å². The normalized spacial score (nSPS) is 11.6. The van der Waals surface area contributed by atoms with Gasteiger partial charge in [-0.05, 0) is 44.2 Å². The van der Waals surface area contributed by atoms with Gasteiger partial charge in [-0.1, -0.05) is 23.4 Å². The summed E-state index contributed by atoms with van der Waals surface area (Å²) < 4.78 is 2.09. The van der Waals surface area contributed by atoms with Crippen LogP contribution in [0.2, 0.25) is 0 Å². The highest BCUT2D eigenvalue weighted by atomic mass is 16.4. The van der Waals surface area contributed by atoms with Crippen LogP contribution in [0.3, 0.4) is 0 Å². The summed E-state index contributed by atoms with van der Waals surface area (Å²) in [5.74, 6) is 0.208. The predicted octanol–water partition coefficient (Wildman–Crippen LogP) is 4.15. The van der Waals surface area contributed by atoms with Crippen LogP contribution in [-0.2, 0) is 0 Å². The molecule has 0 radical (unpaired) electrons. The van der Waals surface area contributed by atoms with Crippen LogP contribution in [0.5, 0.6) is 5.75 Å². The highest BCUT2D eigenvalue weighted by molar-refractivity contribution is 6.07. The number of hydrogen-bond donors (Lipinski definition) is 3. The van der Waals surface area contributed by atoms with E-state index in [0.29, 0.717) is 0 Å². The number of phenolic OH excluding ortho intramolecular Hbond substituents is 1. The van der Waals surface area contributed by atoms with Crippen molar-refractivity contribution in [3.8, 4) is 22.7 Å². The molecule has 2 aromatic heterocycles. The molecule has 26 heavy (non-hydrogen) atoms. The number of aromatic nitrogens is 3. The first-order valence-electron chi connectivity index (χ1n) is 8.24. The van der Waals surface area contributed by atoms with Crippen molar-refractivity contribution < 1.29 is 10.3 Å². The molecule has 0 fully saturated rings. The highest BCUT2D eigenvalue weighted by Crippen LogP contribution is 2.38. The third-order valence-electron chi connectivity index (χ3n) is 4.57. The molecule has 0 aliphatic carbocycles. The average Bonchev–Trinajstić information content (AvgIpc) is 3.13. The maximum absolute atomic E-state index is 9.67. The van der Waals surface area contributed by atoms with E-state index in [-0.39, 0.29) is 5.75 Å². The van der Waals surface area contributed by atoms with Crippen LogP contribution >= 0.6 is 0 Å². The van der Waals surface area contributed by atoms with Gasteiger partial charge in [0.05, 0.1) is 23.1 Å². The molecular formula is C20H18N4O2. The predicted molar refractivity (Wildman–Crippen MR) is 101 cm³/mol. The van der Waals surface area contributed by atoms with E-state index in [4.69, 9.17) is 0 Å². The minimum atomic E-state index is 0.208. The lowest BCUT2D eigenvalue weighted by atomic mass is 10.0. The molecule has 0 bridgehead atoms. The summed E-state index contributed by atoms with van der Waals surface area (Å²) in [5, 5.41) is 30.5. The first kappa shape index (κ1) is 16.0. The Morgan fingerprint density at radius 1 is 1.08 bits per heavy atom. The summed E-state index contributed by atoms with van der Waals surface area (Å²) in [6.45, 7) is 3.91. The van der Waals surface area contributed by atoms with Crippen LogP contribution < -0.4 is 0 Å². The Bertz CT molecular complexity index is 1100. The van der Waals surface area contributed by atoms with Gasteiger partial charge in [-0.15, -0.1) is 0 Å². The van der Waals surface area contributed by atoms with Gasteiger partial charge in [-0.3, -0.25) is 5.10 Å². The van der Waals surface area contributed by atoms with Gasteiger partial charge in [0.1, 0.15) is 5.75 Å². The number of para-hydroxylation sites is 1. The molecule has 0 amide bonds. The second-order valence-corrected chi connectivity index (χ2v) is 6.18. The Balaban J connectivity index is 2.19. The number of nitrogens with one attached hydrogen (secondary N) is 1. The standard InChI is InChI=1S/C20H18N4O2/c1-12-19(13(2)23-22-12)20-17(11-21-26)16-5-3-4-6-18(16)24(20)14-7-9-15(25)10-8-14/h3-11,25-26H,1-2H3,(H,22,23). The van der Waals surface area contributed by atoms with Crippen molar-refractivity contribution in [2.75, 3.05) is 0 Å². The molecular weight excluding hydrogens is 328 g/mol. The van der Waals surface area contributed by atoms with E-state index in [0.717, 1.165) is 44.8 Å². The van der Waals surface area contributed by atoms with Gasteiger partial charge in [0, 0.05) is 27.9 Å². The molecule has 0 aliphatic rings. The number of phenols is 1. The van der Waals surface area contributed by atoms with Crippen molar-refractivity contribution in [2.24, 2.45) is 5.16 Å². The first-order valence-corrected chi connectivity index (χ1v) is 8.24. The Hall–Kier alpha value is -3.54. The number of fused-ring (bicyclic) bond motifs is 1. The number of rotatable bonds is 3. The van der Waals surface area contributed by atoms with Crippen LogP contribution in [0, 0.1) is 13.8 Å². The van der Waals surface area contributed by atoms with Gasteiger partial charge in [0.15, 0.2) is 0 Å². The summed E-state index contributed by atoms with van der Waals surface area (Å²) in [6.07, 6.45) is 1.46. The molecule has 0 unspecified atom stereocenters. The number of aromatic amines is 1. The van der Waals surface area contributed by atoms with Crippen molar-refractivity contribution in [2.45, 2.75) is 13.8 Å². The molecule has 4 aromatic rings. The van der Waals surface area contributed by atoms with E-state index < -0.39 is 0 Å². The third-order valence-corrected chi connectivity index (χ3v) is 4.57.